The fraction of sp³-hybridized carbons (Fsp3) is 0.538. The van der Waals surface area contributed by atoms with Gasteiger partial charge in [0.25, 0.3) is 5.91 Å². The molecule has 1 amide bonds. The Morgan fingerprint density at radius 1 is 1.61 bits per heavy atom. The van der Waals surface area contributed by atoms with Crippen LogP contribution < -0.4 is 5.32 Å². The molecule has 1 fully saturated rings. The maximum Gasteiger partial charge on any atom is 0.271 e. The molecule has 1 aliphatic rings. The monoisotopic (exact) mass is 312 g/mol. The van der Waals surface area contributed by atoms with Gasteiger partial charge in [0.1, 0.15) is 5.69 Å². The lowest BCUT2D eigenvalue weighted by Gasteiger charge is -2.40. The van der Waals surface area contributed by atoms with Crippen molar-refractivity contribution in [2.45, 2.75) is 26.2 Å². The second-order valence-electron chi connectivity index (χ2n) is 4.98. The van der Waals surface area contributed by atoms with Gasteiger partial charge in [0.2, 0.25) is 0 Å². The van der Waals surface area contributed by atoms with Crippen molar-refractivity contribution >= 4 is 21.8 Å². The van der Waals surface area contributed by atoms with E-state index in [0.717, 1.165) is 29.3 Å². The smallest absolute Gasteiger partial charge is 0.271 e. The normalized spacial score (nSPS) is 17.1. The molecule has 0 radical (unpaired) electrons. The number of hydrogen-bond donors (Lipinski definition) is 2. The standard InChI is InChI=1S/C13H17BrN2O2/c1-9-3-6-15-11(10(9)14)12(18)16-7-13(8-17)4-2-5-13/h3,6,17H,2,4-5,7-8H2,1H3,(H,16,18). The highest BCUT2D eigenvalue weighted by Gasteiger charge is 2.36. The number of aliphatic hydroxyl groups excluding tert-OH is 1. The van der Waals surface area contributed by atoms with E-state index in [1.807, 2.05) is 13.0 Å². The molecule has 0 unspecified atom stereocenters. The first-order valence-corrected chi connectivity index (χ1v) is 6.87. The fourth-order valence-electron chi connectivity index (χ4n) is 2.12. The summed E-state index contributed by atoms with van der Waals surface area (Å²) >= 11 is 3.38. The van der Waals surface area contributed by atoms with E-state index in [9.17, 15) is 9.90 Å². The number of aliphatic hydroxyl groups is 1. The molecule has 1 saturated carbocycles. The first kappa shape index (κ1) is 13.5. The Bertz CT molecular complexity index is 453. The minimum Gasteiger partial charge on any atom is -0.396 e. The number of halogens is 1. The highest BCUT2D eigenvalue weighted by atomic mass is 79.9. The summed E-state index contributed by atoms with van der Waals surface area (Å²) in [6.45, 7) is 2.57. The predicted octanol–water partition coefficient (Wildman–Crippen LogP) is 2.04. The second-order valence-corrected chi connectivity index (χ2v) is 5.78. The van der Waals surface area contributed by atoms with Gasteiger partial charge in [-0.1, -0.05) is 6.42 Å². The van der Waals surface area contributed by atoms with Crippen molar-refractivity contribution in [3.05, 3.63) is 28.0 Å². The van der Waals surface area contributed by atoms with Crippen molar-refractivity contribution in [3.8, 4) is 0 Å². The molecule has 2 rings (SSSR count). The van der Waals surface area contributed by atoms with Gasteiger partial charge in [0.05, 0.1) is 11.1 Å². The van der Waals surface area contributed by atoms with E-state index in [-0.39, 0.29) is 17.9 Å². The van der Waals surface area contributed by atoms with Crippen molar-refractivity contribution in [1.29, 1.82) is 0 Å². The Kier molecular flexibility index (Phi) is 4.02. The van der Waals surface area contributed by atoms with Gasteiger partial charge in [0.15, 0.2) is 0 Å². The zero-order chi connectivity index (χ0) is 13.2. The average molecular weight is 313 g/mol. The third kappa shape index (κ3) is 2.57. The molecule has 0 atom stereocenters. The lowest BCUT2D eigenvalue weighted by Crippen LogP contribution is -2.44. The number of carbonyl (C=O) groups excluding carboxylic acids is 1. The molecule has 1 aromatic heterocycles. The molecule has 1 aliphatic carbocycles. The second kappa shape index (κ2) is 5.36. The third-order valence-electron chi connectivity index (χ3n) is 3.67. The van der Waals surface area contributed by atoms with Crippen LogP contribution in [0.15, 0.2) is 16.7 Å². The van der Waals surface area contributed by atoms with Crippen LogP contribution in [0.4, 0.5) is 0 Å². The summed E-state index contributed by atoms with van der Waals surface area (Å²) in [4.78, 5) is 16.1. The van der Waals surface area contributed by atoms with Gasteiger partial charge < -0.3 is 10.4 Å². The maximum absolute atomic E-state index is 12.0. The molecule has 0 spiro atoms. The Labute approximate surface area is 115 Å². The zero-order valence-corrected chi connectivity index (χ0v) is 12.0. The molecule has 1 heterocycles. The number of carbonyl (C=O) groups is 1. The largest absolute Gasteiger partial charge is 0.396 e. The van der Waals surface area contributed by atoms with Crippen molar-refractivity contribution in [3.63, 3.8) is 0 Å². The topological polar surface area (TPSA) is 62.2 Å². The molecular formula is C13H17BrN2O2. The van der Waals surface area contributed by atoms with E-state index in [1.165, 1.54) is 0 Å². The van der Waals surface area contributed by atoms with Gasteiger partial charge in [-0.05, 0) is 47.3 Å². The Morgan fingerprint density at radius 3 is 2.89 bits per heavy atom. The first-order valence-electron chi connectivity index (χ1n) is 6.08. The Morgan fingerprint density at radius 2 is 2.33 bits per heavy atom. The van der Waals surface area contributed by atoms with Gasteiger partial charge in [-0.2, -0.15) is 0 Å². The van der Waals surface area contributed by atoms with E-state index in [0.29, 0.717) is 12.2 Å². The van der Waals surface area contributed by atoms with Gasteiger partial charge >= 0.3 is 0 Å². The molecule has 0 bridgehead atoms. The molecule has 0 aromatic carbocycles. The number of pyridine rings is 1. The molecule has 1 aromatic rings. The summed E-state index contributed by atoms with van der Waals surface area (Å²) in [5.74, 6) is -0.190. The summed E-state index contributed by atoms with van der Waals surface area (Å²) in [5, 5.41) is 12.2. The van der Waals surface area contributed by atoms with Crippen LogP contribution in [0.5, 0.6) is 0 Å². The quantitative estimate of drug-likeness (QED) is 0.894. The van der Waals surface area contributed by atoms with Gasteiger partial charge in [-0.25, -0.2) is 4.98 Å². The van der Waals surface area contributed by atoms with Crippen LogP contribution in [0.1, 0.15) is 35.3 Å². The third-order valence-corrected chi connectivity index (χ3v) is 4.67. The minimum atomic E-state index is -0.190. The summed E-state index contributed by atoms with van der Waals surface area (Å²) in [6, 6.07) is 1.85. The number of nitrogens with one attached hydrogen (secondary N) is 1. The van der Waals surface area contributed by atoms with Crippen LogP contribution in [-0.2, 0) is 0 Å². The fourth-order valence-corrected chi connectivity index (χ4v) is 2.53. The number of aryl methyl sites for hydroxylation is 1. The number of aromatic nitrogens is 1. The van der Waals surface area contributed by atoms with Crippen molar-refractivity contribution in [1.82, 2.24) is 10.3 Å². The molecule has 4 nitrogen and oxygen atoms in total. The van der Waals surface area contributed by atoms with E-state index in [1.54, 1.807) is 6.20 Å². The number of rotatable bonds is 4. The lowest BCUT2D eigenvalue weighted by molar-refractivity contribution is 0.0427. The number of nitrogens with zero attached hydrogens (tertiary/aromatic N) is 1. The van der Waals surface area contributed by atoms with E-state index in [2.05, 4.69) is 26.2 Å². The van der Waals surface area contributed by atoms with Crippen LogP contribution in [0, 0.1) is 12.3 Å². The Balaban J connectivity index is 2.02. The highest BCUT2D eigenvalue weighted by Crippen LogP contribution is 2.39. The molecule has 98 valence electrons. The first-order chi connectivity index (χ1) is 8.58. The zero-order valence-electron chi connectivity index (χ0n) is 10.4. The minimum absolute atomic E-state index is 0.105. The summed E-state index contributed by atoms with van der Waals surface area (Å²) in [5.41, 5.74) is 1.28. The van der Waals surface area contributed by atoms with Gasteiger partial charge in [-0.15, -0.1) is 0 Å². The van der Waals surface area contributed by atoms with Crippen LogP contribution in [0.2, 0.25) is 0 Å². The van der Waals surface area contributed by atoms with Crippen molar-refractivity contribution in [2.75, 3.05) is 13.2 Å². The molecule has 0 aliphatic heterocycles. The molecule has 18 heavy (non-hydrogen) atoms. The van der Waals surface area contributed by atoms with Crippen molar-refractivity contribution < 1.29 is 9.90 Å². The molecular weight excluding hydrogens is 296 g/mol. The van der Waals surface area contributed by atoms with Gasteiger partial charge in [0, 0.05) is 18.2 Å². The number of amides is 1. The van der Waals surface area contributed by atoms with Gasteiger partial charge in [-0.3, -0.25) is 4.79 Å². The van der Waals surface area contributed by atoms with E-state index in [4.69, 9.17) is 0 Å². The predicted molar refractivity (Wildman–Crippen MR) is 72.4 cm³/mol. The summed E-state index contributed by atoms with van der Waals surface area (Å²) in [7, 11) is 0. The number of hydrogen-bond acceptors (Lipinski definition) is 3. The van der Waals surface area contributed by atoms with E-state index < -0.39 is 0 Å². The SMILES string of the molecule is Cc1ccnc(C(=O)NCC2(CO)CCC2)c1Br. The summed E-state index contributed by atoms with van der Waals surface area (Å²) < 4.78 is 0.731. The van der Waals surface area contributed by atoms with Crippen LogP contribution in [0.25, 0.3) is 0 Å². The highest BCUT2D eigenvalue weighted by molar-refractivity contribution is 9.10. The maximum atomic E-state index is 12.0. The average Bonchev–Trinajstić information content (AvgIpc) is 2.31. The molecule has 0 saturated heterocycles. The Hall–Kier alpha value is -0.940. The van der Waals surface area contributed by atoms with Crippen LogP contribution in [-0.4, -0.2) is 29.1 Å². The van der Waals surface area contributed by atoms with Crippen molar-refractivity contribution in [2.24, 2.45) is 5.41 Å². The van der Waals surface area contributed by atoms with Crippen LogP contribution >= 0.6 is 15.9 Å². The van der Waals surface area contributed by atoms with E-state index >= 15 is 0 Å². The molecule has 5 heteroatoms. The summed E-state index contributed by atoms with van der Waals surface area (Å²) in [6.07, 6.45) is 4.71. The molecule has 2 N–H and O–H groups in total. The lowest BCUT2D eigenvalue weighted by atomic mass is 9.69. The van der Waals surface area contributed by atoms with Crippen LogP contribution in [0.3, 0.4) is 0 Å².